The van der Waals surface area contributed by atoms with Crippen molar-refractivity contribution in [3.8, 4) is 0 Å². The van der Waals surface area contributed by atoms with Crippen LogP contribution in [0.15, 0.2) is 60.7 Å². The molecule has 2 aromatic rings. The molecule has 0 fully saturated rings. The monoisotopic (exact) mass is 298 g/mol. The average Bonchev–Trinajstić information content (AvgIpc) is 2.56. The summed E-state index contributed by atoms with van der Waals surface area (Å²) in [5.41, 5.74) is 4.55. The highest BCUT2D eigenvalue weighted by Gasteiger charge is 2.13. The van der Waals surface area contributed by atoms with Crippen LogP contribution in [0, 0.1) is 0 Å². The van der Waals surface area contributed by atoms with Gasteiger partial charge in [0.05, 0.1) is 12.6 Å². The van der Waals surface area contributed by atoms with E-state index in [1.165, 1.54) is 0 Å². The van der Waals surface area contributed by atoms with Crippen LogP contribution in [0.3, 0.4) is 0 Å². The Hall–Kier alpha value is -2.33. The Morgan fingerprint density at radius 1 is 1.05 bits per heavy atom. The van der Waals surface area contributed by atoms with Gasteiger partial charge in [0.1, 0.15) is 0 Å². The minimum absolute atomic E-state index is 0.00785. The second-order valence-corrected chi connectivity index (χ2v) is 5.10. The van der Waals surface area contributed by atoms with Gasteiger partial charge in [-0.2, -0.15) is 0 Å². The molecule has 2 rings (SSSR count). The quantitative estimate of drug-likeness (QED) is 0.760. The van der Waals surface area contributed by atoms with Crippen LogP contribution in [0.2, 0.25) is 0 Å². The third-order valence-corrected chi connectivity index (χ3v) is 3.33. The number of carbonyl (C=O) groups is 1. The van der Waals surface area contributed by atoms with Gasteiger partial charge in [-0.05, 0) is 17.5 Å². The molecule has 4 nitrogen and oxygen atoms in total. The molecule has 0 aliphatic carbocycles. The van der Waals surface area contributed by atoms with E-state index < -0.39 is 0 Å². The number of hydroxylamine groups is 1. The van der Waals surface area contributed by atoms with Gasteiger partial charge in [0, 0.05) is 0 Å². The van der Waals surface area contributed by atoms with Gasteiger partial charge in [-0.15, -0.1) is 0 Å². The molecular formula is C18H22N2O2. The number of hydrogen-bond acceptors (Lipinski definition) is 2. The fourth-order valence-corrected chi connectivity index (χ4v) is 2.24. The first kappa shape index (κ1) is 16.0. The molecule has 2 amide bonds. The molecule has 0 aliphatic heterocycles. The molecule has 0 aromatic heterocycles. The van der Waals surface area contributed by atoms with E-state index in [-0.39, 0.29) is 12.1 Å². The summed E-state index contributed by atoms with van der Waals surface area (Å²) >= 11 is 0. The molecule has 1 atom stereocenters. The minimum Gasteiger partial charge on any atom is -0.330 e. The van der Waals surface area contributed by atoms with E-state index in [0.717, 1.165) is 24.0 Å². The van der Waals surface area contributed by atoms with Crippen LogP contribution in [0.1, 0.15) is 36.9 Å². The summed E-state index contributed by atoms with van der Waals surface area (Å²) in [5.74, 6) is 0. The SMILES string of the molecule is CCC[C@H](NC(=O)NOCc1ccccc1)c1ccccc1. The predicted molar refractivity (Wildman–Crippen MR) is 87.0 cm³/mol. The summed E-state index contributed by atoms with van der Waals surface area (Å²) in [7, 11) is 0. The lowest BCUT2D eigenvalue weighted by Crippen LogP contribution is -2.37. The van der Waals surface area contributed by atoms with E-state index in [1.54, 1.807) is 0 Å². The summed E-state index contributed by atoms with van der Waals surface area (Å²) < 4.78 is 0. The highest BCUT2D eigenvalue weighted by molar-refractivity contribution is 5.73. The standard InChI is InChI=1S/C18H22N2O2/c1-2-9-17(16-12-7-4-8-13-16)19-18(21)20-22-14-15-10-5-3-6-11-15/h3-8,10-13,17H,2,9,14H2,1H3,(H2,19,20,21)/t17-/m0/s1. The largest absolute Gasteiger partial charge is 0.339 e. The minimum atomic E-state index is -0.321. The van der Waals surface area contributed by atoms with E-state index in [2.05, 4.69) is 17.7 Å². The Morgan fingerprint density at radius 3 is 2.32 bits per heavy atom. The zero-order valence-corrected chi connectivity index (χ0v) is 12.8. The topological polar surface area (TPSA) is 50.4 Å². The molecule has 0 aliphatic rings. The summed E-state index contributed by atoms with van der Waals surface area (Å²) in [6, 6.07) is 19.3. The van der Waals surface area contributed by atoms with Crippen molar-refractivity contribution < 1.29 is 9.63 Å². The Balaban J connectivity index is 1.81. The van der Waals surface area contributed by atoms with Gasteiger partial charge in [0.25, 0.3) is 0 Å². The van der Waals surface area contributed by atoms with Crippen LogP contribution in [0.4, 0.5) is 4.79 Å². The normalized spacial score (nSPS) is 11.7. The van der Waals surface area contributed by atoms with Crippen molar-refractivity contribution in [2.24, 2.45) is 0 Å². The molecule has 0 unspecified atom stereocenters. The van der Waals surface area contributed by atoms with Crippen LogP contribution in [0.25, 0.3) is 0 Å². The second kappa shape index (κ2) is 8.85. The fourth-order valence-electron chi connectivity index (χ4n) is 2.24. The highest BCUT2D eigenvalue weighted by atomic mass is 16.7. The van der Waals surface area contributed by atoms with Gasteiger partial charge < -0.3 is 5.32 Å². The van der Waals surface area contributed by atoms with Gasteiger partial charge in [0.15, 0.2) is 0 Å². The van der Waals surface area contributed by atoms with Crippen molar-refractivity contribution in [2.75, 3.05) is 0 Å². The van der Waals surface area contributed by atoms with Gasteiger partial charge in [-0.1, -0.05) is 74.0 Å². The summed E-state index contributed by atoms with van der Waals surface area (Å²) in [4.78, 5) is 17.2. The smallest absolute Gasteiger partial charge is 0.330 e. The van der Waals surface area contributed by atoms with Crippen molar-refractivity contribution in [1.29, 1.82) is 0 Å². The molecule has 116 valence electrons. The van der Waals surface area contributed by atoms with Crippen molar-refractivity contribution in [2.45, 2.75) is 32.4 Å². The van der Waals surface area contributed by atoms with Gasteiger partial charge >= 0.3 is 6.03 Å². The van der Waals surface area contributed by atoms with Gasteiger partial charge in [-0.3, -0.25) is 4.84 Å². The van der Waals surface area contributed by atoms with Crippen LogP contribution in [-0.4, -0.2) is 6.03 Å². The number of nitrogens with one attached hydrogen (secondary N) is 2. The zero-order chi connectivity index (χ0) is 15.6. The van der Waals surface area contributed by atoms with E-state index in [1.807, 2.05) is 60.7 Å². The molecule has 2 aromatic carbocycles. The number of hydrogen-bond donors (Lipinski definition) is 2. The predicted octanol–water partition coefficient (Wildman–Crippen LogP) is 3.96. The van der Waals surface area contributed by atoms with Crippen LogP contribution >= 0.6 is 0 Å². The van der Waals surface area contributed by atoms with Crippen LogP contribution in [-0.2, 0) is 11.4 Å². The fraction of sp³-hybridized carbons (Fsp3) is 0.278. The number of urea groups is 1. The molecule has 0 bridgehead atoms. The summed E-state index contributed by atoms with van der Waals surface area (Å²) in [6.07, 6.45) is 1.88. The number of benzene rings is 2. The molecule has 0 saturated carbocycles. The lowest BCUT2D eigenvalue weighted by molar-refractivity contribution is 0.0480. The van der Waals surface area contributed by atoms with Crippen molar-refractivity contribution in [3.63, 3.8) is 0 Å². The molecule has 22 heavy (non-hydrogen) atoms. The molecule has 0 spiro atoms. The molecule has 2 N–H and O–H groups in total. The lowest BCUT2D eigenvalue weighted by atomic mass is 10.0. The zero-order valence-electron chi connectivity index (χ0n) is 12.8. The van der Waals surface area contributed by atoms with Gasteiger partial charge in [-0.25, -0.2) is 10.3 Å². The van der Waals surface area contributed by atoms with Gasteiger partial charge in [0.2, 0.25) is 0 Å². The van der Waals surface area contributed by atoms with Crippen LogP contribution in [0.5, 0.6) is 0 Å². The first-order valence-corrected chi connectivity index (χ1v) is 7.56. The average molecular weight is 298 g/mol. The maximum atomic E-state index is 11.9. The first-order chi connectivity index (χ1) is 10.8. The molecule has 0 heterocycles. The van der Waals surface area contributed by atoms with Crippen molar-refractivity contribution in [1.82, 2.24) is 10.8 Å². The summed E-state index contributed by atoms with van der Waals surface area (Å²) in [5, 5.41) is 2.95. The molecule has 0 saturated heterocycles. The Labute approximate surface area is 131 Å². The number of rotatable bonds is 7. The van der Waals surface area contributed by atoms with Crippen molar-refractivity contribution >= 4 is 6.03 Å². The van der Waals surface area contributed by atoms with E-state index in [4.69, 9.17) is 4.84 Å². The van der Waals surface area contributed by atoms with E-state index in [9.17, 15) is 4.79 Å². The maximum absolute atomic E-state index is 11.9. The molecule has 4 heteroatoms. The first-order valence-electron chi connectivity index (χ1n) is 7.56. The Morgan fingerprint density at radius 2 is 1.68 bits per heavy atom. The summed E-state index contributed by atoms with van der Waals surface area (Å²) in [6.45, 7) is 2.44. The highest BCUT2D eigenvalue weighted by Crippen LogP contribution is 2.17. The molecular weight excluding hydrogens is 276 g/mol. The lowest BCUT2D eigenvalue weighted by Gasteiger charge is -2.18. The maximum Gasteiger partial charge on any atom is 0.339 e. The molecule has 0 radical (unpaired) electrons. The van der Waals surface area contributed by atoms with E-state index >= 15 is 0 Å². The third-order valence-electron chi connectivity index (χ3n) is 3.33. The second-order valence-electron chi connectivity index (χ2n) is 5.10. The van der Waals surface area contributed by atoms with Crippen molar-refractivity contribution in [3.05, 3.63) is 71.8 Å². The number of carbonyl (C=O) groups excluding carboxylic acids is 1. The number of amides is 2. The Bertz CT molecular complexity index is 558. The Kier molecular flexibility index (Phi) is 6.45. The van der Waals surface area contributed by atoms with E-state index in [0.29, 0.717) is 6.61 Å². The van der Waals surface area contributed by atoms with Crippen LogP contribution < -0.4 is 10.8 Å². The third kappa shape index (κ3) is 5.22.